The molecule has 0 radical (unpaired) electrons. The third kappa shape index (κ3) is 3.96. The van der Waals surface area contributed by atoms with E-state index in [0.29, 0.717) is 58.0 Å². The lowest BCUT2D eigenvalue weighted by Gasteiger charge is -2.37. The number of nitrogens with zero attached hydrogens (tertiary/aromatic N) is 3. The number of hydrogen-bond donors (Lipinski definition) is 1. The number of nitriles is 2. The van der Waals surface area contributed by atoms with Crippen LogP contribution >= 0.6 is 11.6 Å². The maximum Gasteiger partial charge on any atom is 0.180 e. The maximum atomic E-state index is 13.0. The van der Waals surface area contributed by atoms with E-state index in [-0.39, 0.29) is 17.4 Å². The van der Waals surface area contributed by atoms with Gasteiger partial charge in [0, 0.05) is 30.3 Å². The van der Waals surface area contributed by atoms with Crippen molar-refractivity contribution in [1.29, 1.82) is 10.5 Å². The third-order valence-corrected chi connectivity index (χ3v) is 6.54. The van der Waals surface area contributed by atoms with Crippen LogP contribution in [0.15, 0.2) is 59.1 Å². The molecule has 0 aromatic heterocycles. The summed E-state index contributed by atoms with van der Waals surface area (Å²) < 4.78 is 11.5. The molecule has 0 saturated heterocycles. The van der Waals surface area contributed by atoms with Crippen LogP contribution in [0.1, 0.15) is 41.9 Å². The molecule has 0 fully saturated rings. The van der Waals surface area contributed by atoms with Gasteiger partial charge in [0.15, 0.2) is 17.3 Å². The van der Waals surface area contributed by atoms with Crippen molar-refractivity contribution >= 4 is 17.4 Å². The highest BCUT2D eigenvalue weighted by Gasteiger charge is 2.39. The highest BCUT2D eigenvalue weighted by atomic mass is 35.5. The van der Waals surface area contributed by atoms with Crippen molar-refractivity contribution in [3.63, 3.8) is 0 Å². The summed E-state index contributed by atoms with van der Waals surface area (Å²) in [7, 11) is 3.27. The maximum absolute atomic E-state index is 13.0. The SMILES string of the molecule is COc1cc([C@H]2C(C#N)=C(N)N(C)C3=C2C(=O)CCC3)cc(Cl)c1OCc1ccccc1C#N. The van der Waals surface area contributed by atoms with E-state index in [1.807, 2.05) is 6.07 Å². The summed E-state index contributed by atoms with van der Waals surface area (Å²) in [6.07, 6.45) is 1.87. The van der Waals surface area contributed by atoms with Gasteiger partial charge in [0.05, 0.1) is 41.3 Å². The molecule has 2 aliphatic rings. The fraction of sp³-hybridized carbons (Fsp3) is 0.269. The number of rotatable bonds is 5. The van der Waals surface area contributed by atoms with Gasteiger partial charge in [-0.15, -0.1) is 0 Å². The Labute approximate surface area is 203 Å². The fourth-order valence-electron chi connectivity index (χ4n) is 4.55. The quantitative estimate of drug-likeness (QED) is 0.677. The molecule has 0 unspecified atom stereocenters. The molecule has 1 heterocycles. The van der Waals surface area contributed by atoms with Crippen molar-refractivity contribution in [2.24, 2.45) is 5.73 Å². The van der Waals surface area contributed by atoms with Crippen molar-refractivity contribution in [1.82, 2.24) is 4.90 Å². The zero-order valence-electron chi connectivity index (χ0n) is 18.9. The largest absolute Gasteiger partial charge is 0.493 e. The first-order chi connectivity index (χ1) is 16.4. The summed E-state index contributed by atoms with van der Waals surface area (Å²) in [6, 6.07) is 14.9. The van der Waals surface area contributed by atoms with E-state index in [1.165, 1.54) is 7.11 Å². The molecule has 4 rings (SSSR count). The highest BCUT2D eigenvalue weighted by Crippen LogP contribution is 2.47. The second kappa shape index (κ2) is 9.51. The van der Waals surface area contributed by atoms with Crippen molar-refractivity contribution in [2.75, 3.05) is 14.2 Å². The average Bonchev–Trinajstić information content (AvgIpc) is 2.85. The molecule has 2 aromatic carbocycles. The molecule has 0 bridgehead atoms. The van der Waals surface area contributed by atoms with Crippen LogP contribution in [0, 0.1) is 22.7 Å². The summed E-state index contributed by atoms with van der Waals surface area (Å²) in [5, 5.41) is 19.5. The van der Waals surface area contributed by atoms with Crippen LogP contribution in [0.2, 0.25) is 5.02 Å². The number of carbonyl (C=O) groups excluding carboxylic acids is 1. The summed E-state index contributed by atoms with van der Waals surface area (Å²) in [5.74, 6) is 0.362. The molecule has 0 spiro atoms. The Morgan fingerprint density at radius 1 is 1.21 bits per heavy atom. The number of nitrogens with two attached hydrogens (primary N) is 1. The molecular weight excluding hydrogens is 452 g/mol. The second-order valence-electron chi connectivity index (χ2n) is 8.13. The minimum atomic E-state index is -0.635. The van der Waals surface area contributed by atoms with E-state index >= 15 is 0 Å². The standard InChI is InChI=1S/C26H23ClN4O3/c1-31-20-8-5-9-21(32)24(20)23(18(13-29)26(31)30)17-10-19(27)25(22(11-17)33-2)34-14-16-7-4-3-6-15(16)12-28/h3-4,6-7,10-11,23H,5,8-9,14,30H2,1-2H3/t23-/m0/s1. The molecular formula is C26H23ClN4O3. The van der Waals surface area contributed by atoms with Gasteiger partial charge < -0.3 is 20.1 Å². The predicted octanol–water partition coefficient (Wildman–Crippen LogP) is 4.53. The van der Waals surface area contributed by atoms with Crippen LogP contribution in [-0.4, -0.2) is 24.8 Å². The predicted molar refractivity (Wildman–Crippen MR) is 127 cm³/mol. The number of allylic oxidation sites excluding steroid dienone is 3. The van der Waals surface area contributed by atoms with Gasteiger partial charge in [0.25, 0.3) is 0 Å². The Bertz CT molecular complexity index is 1320. The van der Waals surface area contributed by atoms with Crippen LogP contribution in [0.3, 0.4) is 0 Å². The average molecular weight is 475 g/mol. The van der Waals surface area contributed by atoms with Crippen LogP contribution in [0.25, 0.3) is 0 Å². The number of hydrogen-bond acceptors (Lipinski definition) is 7. The minimum Gasteiger partial charge on any atom is -0.493 e. The van der Waals surface area contributed by atoms with E-state index in [0.717, 1.165) is 12.1 Å². The summed E-state index contributed by atoms with van der Waals surface area (Å²) >= 11 is 6.63. The Morgan fingerprint density at radius 3 is 2.68 bits per heavy atom. The van der Waals surface area contributed by atoms with E-state index in [2.05, 4.69) is 12.1 Å². The van der Waals surface area contributed by atoms with Gasteiger partial charge in [-0.2, -0.15) is 10.5 Å². The highest BCUT2D eigenvalue weighted by molar-refractivity contribution is 6.32. The van der Waals surface area contributed by atoms with Gasteiger partial charge >= 0.3 is 0 Å². The Hall–Kier alpha value is -3.94. The van der Waals surface area contributed by atoms with E-state index in [4.69, 9.17) is 26.8 Å². The van der Waals surface area contributed by atoms with Crippen molar-refractivity contribution in [3.8, 4) is 23.6 Å². The summed E-state index contributed by atoms with van der Waals surface area (Å²) in [5.41, 5.74) is 9.87. The lowest BCUT2D eigenvalue weighted by atomic mass is 9.76. The van der Waals surface area contributed by atoms with Crippen LogP contribution in [0.5, 0.6) is 11.5 Å². The first kappa shape index (κ1) is 23.2. The Kier molecular flexibility index (Phi) is 6.49. The monoisotopic (exact) mass is 474 g/mol. The van der Waals surface area contributed by atoms with Gasteiger partial charge in [0.2, 0.25) is 0 Å². The molecule has 1 aliphatic carbocycles. The topological polar surface area (TPSA) is 112 Å². The number of ether oxygens (including phenoxy) is 2. The fourth-order valence-corrected chi connectivity index (χ4v) is 4.82. The Balaban J connectivity index is 1.77. The molecule has 7 nitrogen and oxygen atoms in total. The lowest BCUT2D eigenvalue weighted by molar-refractivity contribution is -0.116. The summed E-state index contributed by atoms with van der Waals surface area (Å²) in [4.78, 5) is 14.7. The zero-order valence-corrected chi connectivity index (χ0v) is 19.6. The minimum absolute atomic E-state index is 0.00174. The first-order valence-electron chi connectivity index (χ1n) is 10.8. The van der Waals surface area contributed by atoms with E-state index in [9.17, 15) is 15.3 Å². The lowest BCUT2D eigenvalue weighted by Crippen LogP contribution is -2.36. The number of benzene rings is 2. The zero-order chi connectivity index (χ0) is 24.4. The number of halogens is 1. The number of Topliss-reactive ketones (excluding diaryl/α,β-unsaturated/α-hetero) is 1. The van der Waals surface area contributed by atoms with Gasteiger partial charge in [-0.05, 0) is 36.6 Å². The van der Waals surface area contributed by atoms with Gasteiger partial charge in [-0.1, -0.05) is 29.8 Å². The molecule has 1 aliphatic heterocycles. The molecule has 0 amide bonds. The summed E-state index contributed by atoms with van der Waals surface area (Å²) in [6.45, 7) is 0.122. The molecule has 0 saturated carbocycles. The van der Waals surface area contributed by atoms with Crippen LogP contribution in [-0.2, 0) is 11.4 Å². The van der Waals surface area contributed by atoms with Crippen LogP contribution < -0.4 is 15.2 Å². The van der Waals surface area contributed by atoms with E-state index < -0.39 is 5.92 Å². The van der Waals surface area contributed by atoms with Gasteiger partial charge in [0.1, 0.15) is 12.4 Å². The third-order valence-electron chi connectivity index (χ3n) is 6.26. The first-order valence-corrected chi connectivity index (χ1v) is 11.2. The van der Waals surface area contributed by atoms with Crippen LogP contribution in [0.4, 0.5) is 0 Å². The molecule has 2 N–H and O–H groups in total. The molecule has 2 aromatic rings. The molecule has 1 atom stereocenters. The number of carbonyl (C=O) groups is 1. The van der Waals surface area contributed by atoms with Crippen molar-refractivity contribution in [3.05, 3.63) is 80.8 Å². The van der Waals surface area contributed by atoms with Gasteiger partial charge in [-0.25, -0.2) is 0 Å². The molecule has 34 heavy (non-hydrogen) atoms. The molecule has 172 valence electrons. The number of ketones is 1. The van der Waals surface area contributed by atoms with Gasteiger partial charge in [-0.3, -0.25) is 4.79 Å². The van der Waals surface area contributed by atoms with E-state index in [1.54, 1.807) is 42.3 Å². The Morgan fingerprint density at radius 2 is 1.97 bits per heavy atom. The van der Waals surface area contributed by atoms with Crippen molar-refractivity contribution < 1.29 is 14.3 Å². The smallest absolute Gasteiger partial charge is 0.180 e. The molecule has 8 heteroatoms. The van der Waals surface area contributed by atoms with Crippen molar-refractivity contribution in [2.45, 2.75) is 31.8 Å². The normalized spacial score (nSPS) is 17.7. The second-order valence-corrected chi connectivity index (χ2v) is 8.54. The number of methoxy groups -OCH3 is 1.